The third kappa shape index (κ3) is 2.12. The number of carbonyl (C=O) groups excluding carboxylic acids is 1. The molecule has 0 saturated carbocycles. The van der Waals surface area contributed by atoms with E-state index in [0.717, 1.165) is 19.4 Å². The molecule has 1 N–H and O–H groups in total. The molecule has 1 aliphatic rings. The SMILES string of the molecule is O=C(Oc1ccccc1)[C@H]1CCCN1. The smallest absolute Gasteiger partial charge is 0.328 e. The first-order valence-electron chi connectivity index (χ1n) is 4.86. The van der Waals surface area contributed by atoms with Crippen LogP contribution in [0.25, 0.3) is 0 Å². The van der Waals surface area contributed by atoms with E-state index < -0.39 is 0 Å². The second-order valence-corrected chi connectivity index (χ2v) is 3.38. The molecule has 0 aromatic heterocycles. The van der Waals surface area contributed by atoms with Crippen molar-refractivity contribution in [1.29, 1.82) is 0 Å². The average molecular weight is 191 g/mol. The second-order valence-electron chi connectivity index (χ2n) is 3.38. The number of benzene rings is 1. The molecule has 3 heteroatoms. The van der Waals surface area contributed by atoms with Gasteiger partial charge >= 0.3 is 5.97 Å². The van der Waals surface area contributed by atoms with E-state index in [9.17, 15) is 4.79 Å². The summed E-state index contributed by atoms with van der Waals surface area (Å²) >= 11 is 0. The van der Waals surface area contributed by atoms with Crippen molar-refractivity contribution in [2.75, 3.05) is 6.54 Å². The van der Waals surface area contributed by atoms with Gasteiger partial charge in [0.1, 0.15) is 11.8 Å². The van der Waals surface area contributed by atoms with Crippen LogP contribution < -0.4 is 10.1 Å². The highest BCUT2D eigenvalue weighted by atomic mass is 16.5. The van der Waals surface area contributed by atoms with Crippen molar-refractivity contribution in [2.24, 2.45) is 0 Å². The zero-order chi connectivity index (χ0) is 9.80. The van der Waals surface area contributed by atoms with Crippen LogP contribution in [0.2, 0.25) is 0 Å². The maximum atomic E-state index is 11.5. The van der Waals surface area contributed by atoms with Crippen LogP contribution in [0, 0.1) is 0 Å². The Kier molecular flexibility index (Phi) is 2.79. The van der Waals surface area contributed by atoms with E-state index >= 15 is 0 Å². The molecule has 0 amide bonds. The van der Waals surface area contributed by atoms with Crippen LogP contribution in [-0.4, -0.2) is 18.6 Å². The van der Waals surface area contributed by atoms with E-state index in [-0.39, 0.29) is 12.0 Å². The van der Waals surface area contributed by atoms with Crippen LogP contribution in [0.15, 0.2) is 30.3 Å². The molecule has 1 heterocycles. The fraction of sp³-hybridized carbons (Fsp3) is 0.364. The van der Waals surface area contributed by atoms with E-state index in [0.29, 0.717) is 5.75 Å². The van der Waals surface area contributed by atoms with Gasteiger partial charge in [-0.2, -0.15) is 0 Å². The zero-order valence-corrected chi connectivity index (χ0v) is 7.90. The highest BCUT2D eigenvalue weighted by Crippen LogP contribution is 2.12. The lowest BCUT2D eigenvalue weighted by molar-refractivity contribution is -0.136. The summed E-state index contributed by atoms with van der Waals surface area (Å²) in [5.74, 6) is 0.444. The molecule has 14 heavy (non-hydrogen) atoms. The number of ether oxygens (including phenoxy) is 1. The van der Waals surface area contributed by atoms with Crippen LogP contribution in [0.3, 0.4) is 0 Å². The summed E-state index contributed by atoms with van der Waals surface area (Å²) in [5, 5.41) is 3.10. The fourth-order valence-electron chi connectivity index (χ4n) is 1.56. The van der Waals surface area contributed by atoms with E-state index in [2.05, 4.69) is 5.32 Å². The van der Waals surface area contributed by atoms with Crippen LogP contribution in [0.5, 0.6) is 5.75 Å². The number of hydrogen-bond acceptors (Lipinski definition) is 3. The molecule has 1 saturated heterocycles. The van der Waals surface area contributed by atoms with Crippen molar-refractivity contribution in [3.63, 3.8) is 0 Å². The number of esters is 1. The van der Waals surface area contributed by atoms with Crippen molar-refractivity contribution in [3.8, 4) is 5.75 Å². The standard InChI is InChI=1S/C11H13NO2/c13-11(10-7-4-8-12-10)14-9-5-2-1-3-6-9/h1-3,5-6,10,12H,4,7-8H2/t10-/m1/s1. The Hall–Kier alpha value is -1.35. The quantitative estimate of drug-likeness (QED) is 0.566. The summed E-state index contributed by atoms with van der Waals surface area (Å²) in [6, 6.07) is 9.05. The number of hydrogen-bond donors (Lipinski definition) is 1. The summed E-state index contributed by atoms with van der Waals surface area (Å²) in [7, 11) is 0. The highest BCUT2D eigenvalue weighted by Gasteiger charge is 2.23. The van der Waals surface area contributed by atoms with Crippen LogP contribution in [0.1, 0.15) is 12.8 Å². The third-order valence-electron chi connectivity index (χ3n) is 2.31. The molecule has 3 nitrogen and oxygen atoms in total. The molecule has 2 rings (SSSR count). The molecule has 0 aliphatic carbocycles. The zero-order valence-electron chi connectivity index (χ0n) is 7.90. The first-order valence-corrected chi connectivity index (χ1v) is 4.86. The Morgan fingerprint density at radius 3 is 2.79 bits per heavy atom. The van der Waals surface area contributed by atoms with Gasteiger partial charge in [0.15, 0.2) is 0 Å². The Morgan fingerprint density at radius 1 is 1.36 bits per heavy atom. The first-order chi connectivity index (χ1) is 6.86. The summed E-state index contributed by atoms with van der Waals surface area (Å²) in [6.45, 7) is 0.911. The van der Waals surface area contributed by atoms with Crippen LogP contribution >= 0.6 is 0 Å². The molecule has 1 fully saturated rings. The second kappa shape index (κ2) is 4.24. The van der Waals surface area contributed by atoms with E-state index in [1.165, 1.54) is 0 Å². The summed E-state index contributed by atoms with van der Waals surface area (Å²) in [4.78, 5) is 11.5. The van der Waals surface area contributed by atoms with Crippen LogP contribution in [0.4, 0.5) is 0 Å². The van der Waals surface area contributed by atoms with Gasteiger partial charge in [-0.05, 0) is 31.5 Å². The molecule has 0 radical (unpaired) electrons. The van der Waals surface area contributed by atoms with Crippen molar-refractivity contribution >= 4 is 5.97 Å². The minimum Gasteiger partial charge on any atom is -0.425 e. The lowest BCUT2D eigenvalue weighted by atomic mass is 10.2. The minimum atomic E-state index is -0.172. The minimum absolute atomic E-state index is 0.116. The molecule has 1 aliphatic heterocycles. The van der Waals surface area contributed by atoms with Gasteiger partial charge in [-0.3, -0.25) is 0 Å². The largest absolute Gasteiger partial charge is 0.425 e. The normalized spacial score (nSPS) is 20.7. The van der Waals surface area contributed by atoms with Crippen molar-refractivity contribution < 1.29 is 9.53 Å². The molecule has 0 spiro atoms. The Bertz CT molecular complexity index is 304. The van der Waals surface area contributed by atoms with Gasteiger partial charge in [0.2, 0.25) is 0 Å². The maximum absolute atomic E-state index is 11.5. The highest BCUT2D eigenvalue weighted by molar-refractivity contribution is 5.78. The molecule has 1 atom stereocenters. The van der Waals surface area contributed by atoms with Gasteiger partial charge in [0.25, 0.3) is 0 Å². The fourth-order valence-corrected chi connectivity index (χ4v) is 1.56. The van der Waals surface area contributed by atoms with E-state index in [1.807, 2.05) is 18.2 Å². The number of rotatable bonds is 2. The van der Waals surface area contributed by atoms with Gasteiger partial charge in [0, 0.05) is 0 Å². The molecule has 1 aromatic rings. The number of carbonyl (C=O) groups is 1. The first kappa shape index (κ1) is 9.21. The van der Waals surface area contributed by atoms with Crippen molar-refractivity contribution in [3.05, 3.63) is 30.3 Å². The summed E-state index contributed by atoms with van der Waals surface area (Å²) < 4.78 is 5.20. The average Bonchev–Trinajstić information content (AvgIpc) is 2.72. The van der Waals surface area contributed by atoms with Gasteiger partial charge < -0.3 is 10.1 Å². The lowest BCUT2D eigenvalue weighted by Crippen LogP contribution is -2.34. The van der Waals surface area contributed by atoms with Gasteiger partial charge in [-0.25, -0.2) is 4.79 Å². The number of nitrogens with one attached hydrogen (secondary N) is 1. The molecule has 1 aromatic carbocycles. The Balaban J connectivity index is 1.94. The molecule has 0 unspecified atom stereocenters. The predicted octanol–water partition coefficient (Wildman–Crippen LogP) is 1.34. The Morgan fingerprint density at radius 2 is 2.14 bits per heavy atom. The maximum Gasteiger partial charge on any atom is 0.328 e. The number of para-hydroxylation sites is 1. The van der Waals surface area contributed by atoms with E-state index in [1.54, 1.807) is 12.1 Å². The summed E-state index contributed by atoms with van der Waals surface area (Å²) in [6.07, 6.45) is 1.93. The lowest BCUT2D eigenvalue weighted by Gasteiger charge is -2.09. The molecule has 74 valence electrons. The third-order valence-corrected chi connectivity index (χ3v) is 2.31. The van der Waals surface area contributed by atoms with Gasteiger partial charge in [-0.1, -0.05) is 18.2 Å². The molecular weight excluding hydrogens is 178 g/mol. The molecule has 0 bridgehead atoms. The van der Waals surface area contributed by atoms with Gasteiger partial charge in [-0.15, -0.1) is 0 Å². The van der Waals surface area contributed by atoms with E-state index in [4.69, 9.17) is 4.74 Å². The topological polar surface area (TPSA) is 38.3 Å². The van der Waals surface area contributed by atoms with Crippen molar-refractivity contribution in [2.45, 2.75) is 18.9 Å². The molecular formula is C11H13NO2. The Labute approximate surface area is 83.1 Å². The predicted molar refractivity (Wildman–Crippen MR) is 53.1 cm³/mol. The summed E-state index contributed by atoms with van der Waals surface area (Å²) in [5.41, 5.74) is 0. The monoisotopic (exact) mass is 191 g/mol. The van der Waals surface area contributed by atoms with Crippen molar-refractivity contribution in [1.82, 2.24) is 5.32 Å². The van der Waals surface area contributed by atoms with Crippen LogP contribution in [-0.2, 0) is 4.79 Å². The van der Waals surface area contributed by atoms with Gasteiger partial charge in [0.05, 0.1) is 0 Å².